The van der Waals surface area contributed by atoms with Gasteiger partial charge >= 0.3 is 0 Å². The summed E-state index contributed by atoms with van der Waals surface area (Å²) in [5, 5.41) is 0. The number of hydrogen-bond acceptors (Lipinski definition) is 0. The maximum atomic E-state index is 13.6. The van der Waals surface area contributed by atoms with E-state index in [0.717, 1.165) is 36.1 Å². The van der Waals surface area contributed by atoms with Crippen LogP contribution in [0.5, 0.6) is 0 Å². The van der Waals surface area contributed by atoms with Gasteiger partial charge in [-0.1, -0.05) is 13.8 Å². The van der Waals surface area contributed by atoms with Crippen LogP contribution in [0, 0.1) is 5.82 Å². The van der Waals surface area contributed by atoms with Crippen LogP contribution < -0.4 is 18.1 Å². The average Bonchev–Trinajstić information content (AvgIpc) is 2.18. The summed E-state index contributed by atoms with van der Waals surface area (Å²) in [5.41, 5.74) is 6.58. The zero-order valence-corrected chi connectivity index (χ0v) is 9.49. The van der Waals surface area contributed by atoms with Gasteiger partial charge in [-0.15, -0.1) is 0 Å². The summed E-state index contributed by atoms with van der Waals surface area (Å²) >= 11 is 0. The van der Waals surface area contributed by atoms with Crippen LogP contribution in [-0.2, 0) is 19.4 Å². The third-order valence-corrected chi connectivity index (χ3v) is 2.33. The van der Waals surface area contributed by atoms with E-state index in [2.05, 4.69) is 5.73 Å². The summed E-state index contributed by atoms with van der Waals surface area (Å²) in [6.07, 6.45) is 1.51. The molecule has 0 spiro atoms. The Morgan fingerprint density at radius 1 is 1.14 bits per heavy atom. The smallest absolute Gasteiger partial charge is 0.129 e. The van der Waals surface area contributed by atoms with Gasteiger partial charge in [-0.2, -0.15) is 0 Å². The van der Waals surface area contributed by atoms with Crippen molar-refractivity contribution in [2.24, 2.45) is 0 Å². The highest BCUT2D eigenvalue weighted by molar-refractivity contribution is 5.31. The topological polar surface area (TPSA) is 27.6 Å². The van der Waals surface area contributed by atoms with E-state index in [1.807, 2.05) is 26.0 Å². The molecule has 0 bridgehead atoms. The summed E-state index contributed by atoms with van der Waals surface area (Å²) in [6.45, 7) is 4.69. The second-order valence-electron chi connectivity index (χ2n) is 3.19. The highest BCUT2D eigenvalue weighted by Crippen LogP contribution is 2.17. The van der Waals surface area contributed by atoms with Gasteiger partial charge in [-0.25, -0.2) is 4.39 Å². The zero-order chi connectivity index (χ0) is 9.84. The van der Waals surface area contributed by atoms with Crippen LogP contribution >= 0.6 is 0 Å². The molecule has 1 rings (SSSR count). The Kier molecular flexibility index (Phi) is 5.73. The Bertz CT molecular complexity index is 274. The van der Waals surface area contributed by atoms with Crippen molar-refractivity contribution >= 4 is 0 Å². The Morgan fingerprint density at radius 3 is 1.86 bits per heavy atom. The normalized spacial score (nSPS) is 9.71. The molecule has 14 heavy (non-hydrogen) atoms. The Labute approximate surface area is 90.9 Å². The van der Waals surface area contributed by atoms with E-state index >= 15 is 0 Å². The number of benzene rings is 1. The van der Waals surface area contributed by atoms with Crippen LogP contribution in [0.3, 0.4) is 0 Å². The average molecular weight is 218 g/mol. The van der Waals surface area contributed by atoms with Gasteiger partial charge in [0.2, 0.25) is 0 Å². The van der Waals surface area contributed by atoms with Crippen molar-refractivity contribution in [1.29, 1.82) is 0 Å². The number of hydrogen-bond donors (Lipinski definition) is 1. The van der Waals surface area contributed by atoms with Crippen molar-refractivity contribution in [3.63, 3.8) is 0 Å². The molecular weight excluding hydrogens is 201 g/mol. The van der Waals surface area contributed by atoms with Gasteiger partial charge in [0, 0.05) is 5.56 Å². The minimum atomic E-state index is -0.0257. The van der Waals surface area contributed by atoms with Crippen molar-refractivity contribution in [3.05, 3.63) is 34.6 Å². The number of aryl methyl sites for hydroxylation is 2. The van der Waals surface area contributed by atoms with Gasteiger partial charge in [-0.3, -0.25) is 0 Å². The lowest BCUT2D eigenvalue weighted by Gasteiger charge is -2.07. The predicted octanol–water partition coefficient (Wildman–Crippen LogP) is -1.30. The summed E-state index contributed by atoms with van der Waals surface area (Å²) in [5.74, 6) is -0.0257. The molecule has 1 nitrogen and oxygen atoms in total. The fourth-order valence-electron chi connectivity index (χ4n) is 1.48. The molecule has 0 unspecified atom stereocenters. The van der Waals surface area contributed by atoms with Crippen molar-refractivity contribution in [2.45, 2.75) is 33.2 Å². The summed E-state index contributed by atoms with van der Waals surface area (Å²) < 4.78 is 13.6. The fraction of sp³-hybridized carbons (Fsp3) is 0.455. The van der Waals surface area contributed by atoms with E-state index in [9.17, 15) is 4.39 Å². The first kappa shape index (κ1) is 13.4. The van der Waals surface area contributed by atoms with Crippen molar-refractivity contribution in [1.82, 2.24) is 0 Å². The first-order valence-electron chi connectivity index (χ1n) is 4.82. The molecule has 0 saturated carbocycles. The second-order valence-corrected chi connectivity index (χ2v) is 3.19. The molecular formula is C11H17ClFN. The molecule has 1 aromatic carbocycles. The molecule has 0 amide bonds. The van der Waals surface area contributed by atoms with Crippen molar-refractivity contribution in [2.75, 3.05) is 0 Å². The van der Waals surface area contributed by atoms with E-state index < -0.39 is 0 Å². The second kappa shape index (κ2) is 5.99. The molecule has 3 N–H and O–H groups in total. The van der Waals surface area contributed by atoms with Gasteiger partial charge in [0.05, 0.1) is 6.54 Å². The van der Waals surface area contributed by atoms with E-state index in [1.54, 1.807) is 0 Å². The lowest BCUT2D eigenvalue weighted by atomic mass is 10.0. The van der Waals surface area contributed by atoms with Gasteiger partial charge in [0.1, 0.15) is 5.82 Å². The van der Waals surface area contributed by atoms with Crippen molar-refractivity contribution < 1.29 is 22.5 Å². The Hall–Kier alpha value is -0.600. The van der Waals surface area contributed by atoms with Gasteiger partial charge in [0.15, 0.2) is 0 Å². The SMILES string of the molecule is CCc1cc(C[NH3+])cc(CC)c1F.[Cl-]. The maximum absolute atomic E-state index is 13.6. The molecule has 3 heteroatoms. The number of halogens is 2. The Balaban J connectivity index is 0.00000169. The molecule has 0 aliphatic carbocycles. The third kappa shape index (κ3) is 2.69. The molecule has 0 aromatic heterocycles. The molecule has 0 heterocycles. The lowest BCUT2D eigenvalue weighted by molar-refractivity contribution is -0.386. The maximum Gasteiger partial charge on any atom is 0.129 e. The fourth-order valence-corrected chi connectivity index (χ4v) is 1.48. The van der Waals surface area contributed by atoms with Crippen LogP contribution in [-0.4, -0.2) is 0 Å². The highest BCUT2D eigenvalue weighted by Gasteiger charge is 2.07. The van der Waals surface area contributed by atoms with E-state index in [-0.39, 0.29) is 18.2 Å². The standard InChI is InChI=1S/C11H16FN.ClH/c1-3-9-5-8(7-13)6-10(4-2)11(9)12;/h5-6H,3-4,7,13H2,1-2H3;1H. The van der Waals surface area contributed by atoms with E-state index in [0.29, 0.717) is 0 Å². The highest BCUT2D eigenvalue weighted by atomic mass is 35.5. The van der Waals surface area contributed by atoms with Crippen LogP contribution in [0.4, 0.5) is 4.39 Å². The van der Waals surface area contributed by atoms with Crippen LogP contribution in [0.1, 0.15) is 30.5 Å². The minimum Gasteiger partial charge on any atom is -1.00 e. The lowest BCUT2D eigenvalue weighted by Crippen LogP contribution is -3.00. The zero-order valence-electron chi connectivity index (χ0n) is 8.74. The van der Waals surface area contributed by atoms with Crippen molar-refractivity contribution in [3.8, 4) is 0 Å². The number of quaternary nitrogens is 1. The predicted molar refractivity (Wildman–Crippen MR) is 51.7 cm³/mol. The van der Waals surface area contributed by atoms with Crippen LogP contribution in [0.2, 0.25) is 0 Å². The quantitative estimate of drug-likeness (QED) is 0.652. The summed E-state index contributed by atoms with van der Waals surface area (Å²) in [4.78, 5) is 0. The molecule has 0 atom stereocenters. The van der Waals surface area contributed by atoms with Crippen LogP contribution in [0.25, 0.3) is 0 Å². The first-order chi connectivity index (χ1) is 6.22. The molecule has 1 aromatic rings. The van der Waals surface area contributed by atoms with Crippen LogP contribution in [0.15, 0.2) is 12.1 Å². The summed E-state index contributed by atoms with van der Waals surface area (Å²) in [6, 6.07) is 3.84. The minimum absolute atomic E-state index is 0. The van der Waals surface area contributed by atoms with Gasteiger partial charge in [0.25, 0.3) is 0 Å². The molecule has 0 saturated heterocycles. The molecule has 0 aliphatic heterocycles. The molecule has 0 fully saturated rings. The first-order valence-corrected chi connectivity index (χ1v) is 4.82. The van der Waals surface area contributed by atoms with E-state index in [4.69, 9.17) is 0 Å². The van der Waals surface area contributed by atoms with Gasteiger partial charge in [-0.05, 0) is 36.1 Å². The Morgan fingerprint density at radius 2 is 1.57 bits per heavy atom. The summed E-state index contributed by atoms with van der Waals surface area (Å²) in [7, 11) is 0. The van der Waals surface area contributed by atoms with Gasteiger partial charge < -0.3 is 18.1 Å². The monoisotopic (exact) mass is 217 g/mol. The number of rotatable bonds is 3. The van der Waals surface area contributed by atoms with E-state index in [1.165, 1.54) is 0 Å². The molecule has 0 aliphatic rings. The molecule has 80 valence electrons. The largest absolute Gasteiger partial charge is 1.00 e. The third-order valence-electron chi connectivity index (χ3n) is 2.33. The molecule has 0 radical (unpaired) electrons.